The molecule has 0 rings (SSSR count). The van der Waals surface area contributed by atoms with Crippen LogP contribution >= 0.6 is 0 Å². The molecule has 0 N–H and O–H groups in total. The first-order chi connectivity index (χ1) is 7.66. The van der Waals surface area contributed by atoms with Gasteiger partial charge in [0.05, 0.1) is 13.2 Å². The fraction of sp³-hybridized carbons (Fsp3) is 1.00. The van der Waals surface area contributed by atoms with E-state index < -0.39 is 5.97 Å². The lowest BCUT2D eigenvalue weighted by molar-refractivity contribution is -0.368. The van der Waals surface area contributed by atoms with Crippen molar-refractivity contribution in [3.8, 4) is 0 Å². The molecule has 0 radical (unpaired) electrons. The van der Waals surface area contributed by atoms with Crippen LogP contribution in [0.2, 0.25) is 0 Å². The van der Waals surface area contributed by atoms with Crippen molar-refractivity contribution in [2.24, 2.45) is 5.92 Å². The van der Waals surface area contributed by atoms with Gasteiger partial charge in [-0.3, -0.25) is 0 Å². The van der Waals surface area contributed by atoms with Gasteiger partial charge in [0, 0.05) is 5.92 Å². The van der Waals surface area contributed by atoms with Crippen LogP contribution in [0.1, 0.15) is 53.4 Å². The highest BCUT2D eigenvalue weighted by Crippen LogP contribution is 2.28. The summed E-state index contributed by atoms with van der Waals surface area (Å²) in [6.45, 7) is 9.91. The smallest absolute Gasteiger partial charge is 0.275 e. The Labute approximate surface area is 103 Å². The van der Waals surface area contributed by atoms with Crippen LogP contribution in [0.5, 0.6) is 0 Å². The van der Waals surface area contributed by atoms with Gasteiger partial charge in [0.2, 0.25) is 0 Å². The monoisotopic (exact) mass is 248 g/mol. The molecule has 0 aromatic heterocycles. The van der Waals surface area contributed by atoms with E-state index in [0.717, 1.165) is 25.7 Å². The molecule has 4 heteroatoms. The Bertz CT molecular complexity index is 156. The van der Waals surface area contributed by atoms with Crippen molar-refractivity contribution in [3.05, 3.63) is 0 Å². The van der Waals surface area contributed by atoms with E-state index in [2.05, 4.69) is 27.7 Å². The van der Waals surface area contributed by atoms with Crippen LogP contribution in [0.4, 0.5) is 0 Å². The molecule has 16 heavy (non-hydrogen) atoms. The molecule has 0 saturated heterocycles. The van der Waals surface area contributed by atoms with E-state index in [-0.39, 0.29) is 5.92 Å². The zero-order valence-electron chi connectivity index (χ0n) is 11.5. The Morgan fingerprint density at radius 2 is 1.50 bits per heavy atom. The van der Waals surface area contributed by atoms with Crippen molar-refractivity contribution in [1.29, 1.82) is 0 Å². The first-order valence-corrected chi connectivity index (χ1v) is 7.31. The van der Waals surface area contributed by atoms with E-state index in [0.29, 0.717) is 23.7 Å². The number of ether oxygens (including phenoxy) is 2. The van der Waals surface area contributed by atoms with Gasteiger partial charge in [0.1, 0.15) is 0 Å². The summed E-state index contributed by atoms with van der Waals surface area (Å²) < 4.78 is 17.3. The number of rotatable bonds is 10. The van der Waals surface area contributed by atoms with Crippen molar-refractivity contribution in [2.45, 2.75) is 59.4 Å². The predicted octanol–water partition coefficient (Wildman–Crippen LogP) is 2.23. The van der Waals surface area contributed by atoms with Crippen molar-refractivity contribution in [1.82, 2.24) is 0 Å². The average molecular weight is 248 g/mol. The fourth-order valence-corrected chi connectivity index (χ4v) is 2.38. The third kappa shape index (κ3) is 4.95. The molecule has 3 nitrogen and oxygen atoms in total. The average Bonchev–Trinajstić information content (AvgIpc) is 2.30. The van der Waals surface area contributed by atoms with Gasteiger partial charge < -0.3 is 13.9 Å². The van der Waals surface area contributed by atoms with Crippen LogP contribution in [0.15, 0.2) is 0 Å². The molecule has 0 bridgehead atoms. The maximum atomic E-state index is 5.83. The normalized spacial score (nSPS) is 14.2. The molecule has 0 aromatic rings. The van der Waals surface area contributed by atoms with Gasteiger partial charge in [-0.05, 0) is 19.3 Å². The second-order valence-electron chi connectivity index (χ2n) is 4.19. The van der Waals surface area contributed by atoms with Crippen LogP contribution in [0.25, 0.3) is 0 Å². The van der Waals surface area contributed by atoms with Crippen LogP contribution in [0, 0.1) is 5.92 Å². The molecule has 0 aliphatic carbocycles. The van der Waals surface area contributed by atoms with E-state index in [1.54, 1.807) is 0 Å². The van der Waals surface area contributed by atoms with Gasteiger partial charge in [-0.25, -0.2) is 0 Å². The topological polar surface area (TPSA) is 27.7 Å². The summed E-state index contributed by atoms with van der Waals surface area (Å²) in [7, 11) is 0.635. The Kier molecular flexibility index (Phi) is 9.22. The summed E-state index contributed by atoms with van der Waals surface area (Å²) in [4.78, 5) is 0. The zero-order valence-corrected chi connectivity index (χ0v) is 13.5. The molecule has 1 atom stereocenters. The summed E-state index contributed by atoms with van der Waals surface area (Å²) in [5, 5.41) is 0. The summed E-state index contributed by atoms with van der Waals surface area (Å²) in [5.41, 5.74) is 0. The van der Waals surface area contributed by atoms with E-state index in [1.807, 2.05) is 0 Å². The minimum Gasteiger partial charge on any atom is -0.380 e. The Morgan fingerprint density at radius 3 is 1.81 bits per heavy atom. The second-order valence-corrected chi connectivity index (χ2v) is 4.60. The molecule has 0 amide bonds. The van der Waals surface area contributed by atoms with Crippen LogP contribution in [-0.4, -0.2) is 29.7 Å². The van der Waals surface area contributed by atoms with Crippen LogP contribution in [0.3, 0.4) is 0 Å². The lowest BCUT2D eigenvalue weighted by Gasteiger charge is -2.37. The van der Waals surface area contributed by atoms with Gasteiger partial charge in [-0.1, -0.05) is 34.1 Å². The minimum atomic E-state index is -0.783. The highest BCUT2D eigenvalue weighted by Gasteiger charge is 2.37. The van der Waals surface area contributed by atoms with Gasteiger partial charge in [0.25, 0.3) is 5.97 Å². The van der Waals surface area contributed by atoms with Gasteiger partial charge in [0.15, 0.2) is 10.5 Å². The first-order valence-electron chi connectivity index (χ1n) is 6.49. The molecule has 0 spiro atoms. The van der Waals surface area contributed by atoms with Crippen molar-refractivity contribution in [2.75, 3.05) is 13.2 Å². The Hall–Kier alpha value is 0.0969. The largest absolute Gasteiger partial charge is 0.380 e. The first kappa shape index (κ1) is 16.1. The standard InChI is InChI=1S/C12H28O3Si/c1-5-8-11(4)12(15-16,13-9-6-2)14-10-7-3/h11H,5-10H2,1-4,16H3. The molecule has 0 heterocycles. The summed E-state index contributed by atoms with van der Waals surface area (Å²) in [6.07, 6.45) is 4.16. The van der Waals surface area contributed by atoms with Gasteiger partial charge in [-0.2, -0.15) is 0 Å². The number of hydrogen-bond donors (Lipinski definition) is 0. The van der Waals surface area contributed by atoms with Gasteiger partial charge >= 0.3 is 0 Å². The molecule has 0 aliphatic heterocycles. The third-order valence-electron chi connectivity index (χ3n) is 2.62. The SMILES string of the molecule is CCCOC(O[SiH3])(OCCC)C(C)CCC. The van der Waals surface area contributed by atoms with Crippen molar-refractivity contribution in [3.63, 3.8) is 0 Å². The Morgan fingerprint density at radius 1 is 1.00 bits per heavy atom. The highest BCUT2D eigenvalue weighted by molar-refractivity contribution is 5.98. The highest BCUT2D eigenvalue weighted by atomic mass is 28.2. The predicted molar refractivity (Wildman–Crippen MR) is 70.3 cm³/mol. The van der Waals surface area contributed by atoms with E-state index in [9.17, 15) is 0 Å². The van der Waals surface area contributed by atoms with Crippen LogP contribution in [-0.2, 0) is 13.9 Å². The zero-order chi connectivity index (χ0) is 12.4. The minimum absolute atomic E-state index is 0.285. The molecule has 0 aliphatic rings. The maximum absolute atomic E-state index is 5.83. The molecule has 0 fully saturated rings. The maximum Gasteiger partial charge on any atom is 0.275 e. The van der Waals surface area contributed by atoms with Gasteiger partial charge in [-0.15, -0.1) is 0 Å². The fourth-order valence-electron chi connectivity index (χ4n) is 1.74. The molecular formula is C12H28O3Si. The summed E-state index contributed by atoms with van der Waals surface area (Å²) >= 11 is 0. The molecule has 98 valence electrons. The summed E-state index contributed by atoms with van der Waals surface area (Å²) in [5.74, 6) is -0.498. The van der Waals surface area contributed by atoms with E-state index in [4.69, 9.17) is 13.9 Å². The van der Waals surface area contributed by atoms with Crippen molar-refractivity contribution >= 4 is 10.5 Å². The molecule has 0 aromatic carbocycles. The third-order valence-corrected chi connectivity index (χ3v) is 3.19. The molecule has 0 saturated carbocycles. The molecule has 1 unspecified atom stereocenters. The van der Waals surface area contributed by atoms with Crippen molar-refractivity contribution < 1.29 is 13.9 Å². The van der Waals surface area contributed by atoms with E-state index in [1.165, 1.54) is 0 Å². The Balaban J connectivity index is 4.50. The lowest BCUT2D eigenvalue weighted by Crippen LogP contribution is -2.45. The van der Waals surface area contributed by atoms with Crippen LogP contribution < -0.4 is 0 Å². The number of hydrogen-bond acceptors (Lipinski definition) is 3. The lowest BCUT2D eigenvalue weighted by atomic mass is 10.0. The quantitative estimate of drug-likeness (QED) is 0.438. The summed E-state index contributed by atoms with van der Waals surface area (Å²) in [6, 6.07) is 0. The second kappa shape index (κ2) is 9.16. The molecular weight excluding hydrogens is 220 g/mol. The van der Waals surface area contributed by atoms with E-state index >= 15 is 0 Å².